The van der Waals surface area contributed by atoms with Crippen molar-refractivity contribution in [3.05, 3.63) is 23.8 Å². The van der Waals surface area contributed by atoms with E-state index in [9.17, 15) is 10.1 Å². The number of nitrogens with two attached hydrogens (primary N) is 2. The second-order valence-corrected chi connectivity index (χ2v) is 7.94. The number of carbonyl (C=O) groups is 1. The van der Waals surface area contributed by atoms with Crippen LogP contribution in [0.3, 0.4) is 0 Å². The number of nitrogen functional groups attached to an aromatic ring is 1. The molecule has 9 heteroatoms. The van der Waals surface area contributed by atoms with Crippen molar-refractivity contribution in [2.75, 3.05) is 33.0 Å². The van der Waals surface area contributed by atoms with Gasteiger partial charge in [-0.15, -0.1) is 0 Å². The fraction of sp³-hybridized carbons (Fsp3) is 0.522. The van der Waals surface area contributed by atoms with Crippen LogP contribution in [-0.4, -0.2) is 54.3 Å². The van der Waals surface area contributed by atoms with E-state index >= 15 is 0 Å². The Bertz CT molecular complexity index is 961. The molecule has 1 aliphatic carbocycles. The van der Waals surface area contributed by atoms with Crippen LogP contribution < -0.4 is 20.9 Å². The molecule has 0 spiro atoms. The molecule has 4 rings (SSSR count). The molecule has 9 nitrogen and oxygen atoms in total. The molecule has 4 N–H and O–H groups in total. The number of nitriles is 1. The Balaban J connectivity index is 0.00000141. The molecule has 1 atom stereocenters. The van der Waals surface area contributed by atoms with Crippen molar-refractivity contribution in [3.63, 3.8) is 0 Å². The number of likely N-dealkylation sites (tertiary alicyclic amines) is 1. The summed E-state index contributed by atoms with van der Waals surface area (Å²) in [5, 5.41) is 13.9. The average molecular weight is 441 g/mol. The Morgan fingerprint density at radius 2 is 1.94 bits per heavy atom. The van der Waals surface area contributed by atoms with E-state index in [0.29, 0.717) is 35.1 Å². The van der Waals surface area contributed by atoms with Gasteiger partial charge < -0.3 is 25.8 Å². The van der Waals surface area contributed by atoms with Crippen molar-refractivity contribution >= 4 is 12.1 Å². The highest BCUT2D eigenvalue weighted by Gasteiger charge is 2.27. The number of ether oxygens (including phenoxy) is 2. The van der Waals surface area contributed by atoms with Crippen molar-refractivity contribution in [2.45, 2.75) is 50.7 Å². The van der Waals surface area contributed by atoms with E-state index in [2.05, 4.69) is 11.9 Å². The number of hydrogen-bond acceptors (Lipinski definition) is 8. The van der Waals surface area contributed by atoms with Crippen molar-refractivity contribution in [3.8, 4) is 28.9 Å². The fourth-order valence-corrected chi connectivity index (χ4v) is 4.42. The van der Waals surface area contributed by atoms with E-state index in [1.807, 2.05) is 18.2 Å². The van der Waals surface area contributed by atoms with Crippen LogP contribution >= 0.6 is 0 Å². The van der Waals surface area contributed by atoms with E-state index in [0.717, 1.165) is 44.1 Å². The van der Waals surface area contributed by atoms with Gasteiger partial charge in [-0.25, -0.2) is 4.68 Å². The minimum Gasteiger partial charge on any atom is -0.493 e. The summed E-state index contributed by atoms with van der Waals surface area (Å²) in [6, 6.07) is 5.53. The molecular formula is C23H32N6O3. The maximum absolute atomic E-state index is 11.9. The first-order chi connectivity index (χ1) is 15.6. The molecule has 1 aliphatic heterocycles. The lowest BCUT2D eigenvalue weighted by Crippen LogP contribution is -2.34. The van der Waals surface area contributed by atoms with Gasteiger partial charge in [-0.05, 0) is 63.8 Å². The first-order valence-electron chi connectivity index (χ1n) is 11.0. The Morgan fingerprint density at radius 1 is 1.19 bits per heavy atom. The third kappa shape index (κ3) is 4.81. The number of aromatic nitrogens is 2. The summed E-state index contributed by atoms with van der Waals surface area (Å²) < 4.78 is 13.4. The lowest BCUT2D eigenvalue weighted by molar-refractivity contribution is 0.112. The summed E-state index contributed by atoms with van der Waals surface area (Å²) in [7, 11) is 3.12. The smallest absolute Gasteiger partial charge is 0.179 e. The third-order valence-corrected chi connectivity index (χ3v) is 6.02. The molecule has 32 heavy (non-hydrogen) atoms. The van der Waals surface area contributed by atoms with Gasteiger partial charge in [0.25, 0.3) is 0 Å². The highest BCUT2D eigenvalue weighted by Crippen LogP contribution is 2.37. The molecule has 0 amide bonds. The van der Waals surface area contributed by atoms with Crippen LogP contribution in [0.25, 0.3) is 11.3 Å². The normalized spacial score (nSPS) is 18.4. The highest BCUT2D eigenvalue weighted by atomic mass is 16.5. The van der Waals surface area contributed by atoms with Crippen molar-refractivity contribution < 1.29 is 14.3 Å². The Kier molecular flexibility index (Phi) is 7.95. The van der Waals surface area contributed by atoms with Crippen LogP contribution in [0.1, 0.15) is 54.9 Å². The largest absolute Gasteiger partial charge is 0.493 e. The lowest BCUT2D eigenvalue weighted by atomic mass is 10.1. The number of hydrogen-bond donors (Lipinski definition) is 2. The van der Waals surface area contributed by atoms with Crippen LogP contribution in [0.5, 0.6) is 11.5 Å². The zero-order chi connectivity index (χ0) is 23.1. The minimum absolute atomic E-state index is 0.0432. The summed E-state index contributed by atoms with van der Waals surface area (Å²) >= 11 is 0. The van der Waals surface area contributed by atoms with E-state index in [1.54, 1.807) is 16.7 Å². The molecule has 0 radical (unpaired) electrons. The Morgan fingerprint density at radius 3 is 2.59 bits per heavy atom. The number of aldehydes is 1. The highest BCUT2D eigenvalue weighted by molar-refractivity contribution is 5.92. The Hall–Kier alpha value is -3.25. The molecule has 1 saturated carbocycles. The molecule has 2 aromatic rings. The summed E-state index contributed by atoms with van der Waals surface area (Å²) in [6.45, 7) is 1.28. The molecule has 1 saturated heterocycles. The first-order valence-corrected chi connectivity index (χ1v) is 11.0. The maximum Gasteiger partial charge on any atom is 0.179 e. The quantitative estimate of drug-likeness (QED) is 0.517. The molecule has 0 bridgehead atoms. The van der Waals surface area contributed by atoms with Crippen molar-refractivity contribution in [2.24, 2.45) is 5.73 Å². The first kappa shape index (κ1) is 23.4. The second kappa shape index (κ2) is 10.9. The second-order valence-electron chi connectivity index (χ2n) is 7.94. The topological polar surface area (TPSA) is 132 Å². The molecular weight excluding hydrogens is 408 g/mol. The Labute approximate surface area is 188 Å². The zero-order valence-corrected chi connectivity index (χ0v) is 18.8. The van der Waals surface area contributed by atoms with E-state index in [4.69, 9.17) is 20.3 Å². The van der Waals surface area contributed by atoms with Gasteiger partial charge in [-0.1, -0.05) is 0 Å². The van der Waals surface area contributed by atoms with Crippen LogP contribution in [0.4, 0.5) is 5.82 Å². The molecule has 1 aromatic heterocycles. The van der Waals surface area contributed by atoms with E-state index < -0.39 is 0 Å². The van der Waals surface area contributed by atoms with Gasteiger partial charge >= 0.3 is 0 Å². The van der Waals surface area contributed by atoms with Gasteiger partial charge in [0, 0.05) is 12.1 Å². The number of piperidine rings is 1. The van der Waals surface area contributed by atoms with E-state index in [-0.39, 0.29) is 12.1 Å². The van der Waals surface area contributed by atoms with Crippen LogP contribution in [0.2, 0.25) is 0 Å². The van der Waals surface area contributed by atoms with Crippen molar-refractivity contribution in [1.82, 2.24) is 14.7 Å². The average Bonchev–Trinajstić information content (AvgIpc) is 3.47. The van der Waals surface area contributed by atoms with Gasteiger partial charge in [0.05, 0.1) is 31.4 Å². The summed E-state index contributed by atoms with van der Waals surface area (Å²) in [4.78, 5) is 13.6. The SMILES string of the molecule is CN.COc1ccc(-c2nn(C3CCCN(C#N)C3)c(N)c2C=O)cc1OC1CCCC1. The summed E-state index contributed by atoms with van der Waals surface area (Å²) in [5.74, 6) is 1.64. The predicted molar refractivity (Wildman–Crippen MR) is 122 cm³/mol. The summed E-state index contributed by atoms with van der Waals surface area (Å²) in [6.07, 6.45) is 9.28. The maximum atomic E-state index is 11.9. The minimum atomic E-state index is -0.0432. The monoisotopic (exact) mass is 440 g/mol. The number of benzene rings is 1. The van der Waals surface area contributed by atoms with Gasteiger partial charge in [0.2, 0.25) is 0 Å². The number of carbonyl (C=O) groups excluding carboxylic acids is 1. The van der Waals surface area contributed by atoms with Gasteiger partial charge in [0.1, 0.15) is 11.5 Å². The lowest BCUT2D eigenvalue weighted by Gasteiger charge is -2.29. The third-order valence-electron chi connectivity index (χ3n) is 6.02. The fourth-order valence-electron chi connectivity index (χ4n) is 4.42. The molecule has 2 aliphatic rings. The van der Waals surface area contributed by atoms with Gasteiger partial charge in [-0.3, -0.25) is 4.79 Å². The summed E-state index contributed by atoms with van der Waals surface area (Å²) in [5.41, 5.74) is 12.4. The molecule has 2 heterocycles. The van der Waals surface area contributed by atoms with Crippen molar-refractivity contribution in [1.29, 1.82) is 5.26 Å². The van der Waals surface area contributed by atoms with Gasteiger partial charge in [0.15, 0.2) is 24.0 Å². The molecule has 172 valence electrons. The van der Waals surface area contributed by atoms with Crippen LogP contribution in [-0.2, 0) is 0 Å². The van der Waals surface area contributed by atoms with Crippen LogP contribution in [0, 0.1) is 11.5 Å². The number of anilines is 1. The molecule has 1 aromatic carbocycles. The standard InChI is InChI=1S/C22H27N5O3.CH5N/c1-29-19-9-8-15(11-20(19)30-17-6-2-3-7-17)21-18(13-28)22(24)27(25-21)16-5-4-10-26(12-16)14-23;1-2/h8-9,11,13,16-17H,2-7,10,12,24H2,1H3;2H2,1H3. The predicted octanol–water partition coefficient (Wildman–Crippen LogP) is 2.97. The zero-order valence-electron chi connectivity index (χ0n) is 18.8. The van der Waals surface area contributed by atoms with Crippen LogP contribution in [0.15, 0.2) is 18.2 Å². The number of rotatable bonds is 6. The number of nitrogens with zero attached hydrogens (tertiary/aromatic N) is 4. The molecule has 2 fully saturated rings. The molecule has 1 unspecified atom stereocenters. The van der Waals surface area contributed by atoms with Gasteiger partial charge in [-0.2, -0.15) is 10.4 Å². The number of methoxy groups -OCH3 is 1. The van der Waals surface area contributed by atoms with E-state index in [1.165, 1.54) is 19.9 Å².